The zero-order chi connectivity index (χ0) is 13.4. The Morgan fingerprint density at radius 1 is 1.11 bits per heavy atom. The van der Waals surface area contributed by atoms with Gasteiger partial charge < -0.3 is 10.6 Å². The molecule has 1 saturated heterocycles. The average molecular weight is 257 g/mol. The lowest BCUT2D eigenvalue weighted by Gasteiger charge is -2.27. The molecule has 7 nitrogen and oxygen atoms in total. The molecule has 0 bridgehead atoms. The summed E-state index contributed by atoms with van der Waals surface area (Å²) < 4.78 is 0. The Bertz CT molecular complexity index is 669. The number of aromatic nitrogens is 2. The Balaban J connectivity index is 2.13. The Morgan fingerprint density at radius 3 is 2.53 bits per heavy atom. The summed E-state index contributed by atoms with van der Waals surface area (Å²) in [6, 6.07) is 7.33. The lowest BCUT2D eigenvalue weighted by molar-refractivity contribution is -0.130. The lowest BCUT2D eigenvalue weighted by Crippen LogP contribution is -2.51. The van der Waals surface area contributed by atoms with Crippen LogP contribution >= 0.6 is 0 Å². The number of imide groups is 1. The second-order valence-electron chi connectivity index (χ2n) is 4.25. The van der Waals surface area contributed by atoms with Crippen LogP contribution in [0, 0.1) is 0 Å². The van der Waals surface area contributed by atoms with Gasteiger partial charge in [-0.25, -0.2) is 4.98 Å². The summed E-state index contributed by atoms with van der Waals surface area (Å²) in [6.07, 6.45) is 0. The zero-order valence-electron chi connectivity index (χ0n) is 9.96. The van der Waals surface area contributed by atoms with Gasteiger partial charge in [-0.05, 0) is 12.1 Å². The van der Waals surface area contributed by atoms with E-state index in [1.54, 1.807) is 4.90 Å². The van der Waals surface area contributed by atoms with Gasteiger partial charge in [0.05, 0.1) is 18.6 Å². The highest BCUT2D eigenvalue weighted by Crippen LogP contribution is 2.24. The summed E-state index contributed by atoms with van der Waals surface area (Å²) >= 11 is 0. The number of hydrogen-bond acceptors (Lipinski definition) is 6. The number of carbonyl (C=O) groups is 2. The highest BCUT2D eigenvalue weighted by Gasteiger charge is 2.25. The number of nitrogen functional groups attached to an aromatic ring is 1. The Hall–Kier alpha value is -2.70. The smallest absolute Gasteiger partial charge is 0.246 e. The molecule has 1 aromatic carbocycles. The lowest BCUT2D eigenvalue weighted by atomic mass is 10.2. The molecule has 0 saturated carbocycles. The van der Waals surface area contributed by atoms with Crippen molar-refractivity contribution in [1.82, 2.24) is 15.3 Å². The van der Waals surface area contributed by atoms with Gasteiger partial charge >= 0.3 is 0 Å². The maximum atomic E-state index is 11.4. The van der Waals surface area contributed by atoms with Crippen molar-refractivity contribution in [2.75, 3.05) is 23.7 Å². The molecule has 0 unspecified atom stereocenters. The molecule has 1 fully saturated rings. The van der Waals surface area contributed by atoms with E-state index in [2.05, 4.69) is 15.3 Å². The topological polar surface area (TPSA) is 101 Å². The van der Waals surface area contributed by atoms with Gasteiger partial charge in [-0.15, -0.1) is 0 Å². The zero-order valence-corrected chi connectivity index (χ0v) is 9.96. The van der Waals surface area contributed by atoms with E-state index in [1.807, 2.05) is 24.3 Å². The number of nitrogens with zero attached hydrogens (tertiary/aromatic N) is 3. The number of carbonyl (C=O) groups excluding carboxylic acids is 2. The van der Waals surface area contributed by atoms with E-state index < -0.39 is 0 Å². The summed E-state index contributed by atoms with van der Waals surface area (Å²) in [7, 11) is 0. The van der Waals surface area contributed by atoms with E-state index in [9.17, 15) is 9.59 Å². The van der Waals surface area contributed by atoms with Crippen LogP contribution in [0.5, 0.6) is 0 Å². The average Bonchev–Trinajstić information content (AvgIpc) is 2.36. The second kappa shape index (κ2) is 4.20. The molecule has 1 aliphatic heterocycles. The molecule has 3 N–H and O–H groups in total. The minimum atomic E-state index is -0.350. The van der Waals surface area contributed by atoms with Crippen LogP contribution < -0.4 is 16.0 Å². The van der Waals surface area contributed by atoms with E-state index in [0.717, 1.165) is 5.39 Å². The van der Waals surface area contributed by atoms with E-state index in [4.69, 9.17) is 5.73 Å². The van der Waals surface area contributed by atoms with Crippen LogP contribution in [0.1, 0.15) is 0 Å². The van der Waals surface area contributed by atoms with Gasteiger partial charge in [0.2, 0.25) is 17.8 Å². The monoisotopic (exact) mass is 257 g/mol. The quantitative estimate of drug-likeness (QED) is 0.679. The van der Waals surface area contributed by atoms with Crippen molar-refractivity contribution in [2.24, 2.45) is 0 Å². The summed E-state index contributed by atoms with van der Waals surface area (Å²) in [4.78, 5) is 32.7. The fourth-order valence-corrected chi connectivity index (χ4v) is 2.11. The molecule has 0 atom stereocenters. The van der Waals surface area contributed by atoms with Crippen LogP contribution in [-0.2, 0) is 9.59 Å². The van der Waals surface area contributed by atoms with Crippen LogP contribution in [0.4, 0.5) is 11.8 Å². The third-order valence-corrected chi connectivity index (χ3v) is 2.85. The molecule has 2 heterocycles. The third-order valence-electron chi connectivity index (χ3n) is 2.85. The van der Waals surface area contributed by atoms with E-state index in [0.29, 0.717) is 11.3 Å². The standard InChI is InChI=1S/C12H11N5O2/c13-12-14-8-4-2-1-3-7(8)11(16-12)17-5-9(18)15-10(19)6-17/h1-4H,5-6H2,(H2,13,14,16)(H,15,18,19). The van der Waals surface area contributed by atoms with Crippen molar-refractivity contribution in [1.29, 1.82) is 0 Å². The second-order valence-corrected chi connectivity index (χ2v) is 4.25. The fraction of sp³-hybridized carbons (Fsp3) is 0.167. The number of nitrogens with two attached hydrogens (primary N) is 1. The van der Waals surface area contributed by atoms with Gasteiger partial charge in [-0.1, -0.05) is 12.1 Å². The Labute approximate surface area is 108 Å². The van der Waals surface area contributed by atoms with Crippen molar-refractivity contribution in [3.8, 4) is 0 Å². The highest BCUT2D eigenvalue weighted by molar-refractivity contribution is 6.04. The number of nitrogens with one attached hydrogen (secondary N) is 1. The van der Waals surface area contributed by atoms with E-state index >= 15 is 0 Å². The molecule has 1 aromatic heterocycles. The fourth-order valence-electron chi connectivity index (χ4n) is 2.11. The number of hydrogen-bond donors (Lipinski definition) is 2. The first-order chi connectivity index (χ1) is 9.13. The van der Waals surface area contributed by atoms with Crippen molar-refractivity contribution in [3.63, 3.8) is 0 Å². The largest absolute Gasteiger partial charge is 0.368 e. The number of amides is 2. The highest BCUT2D eigenvalue weighted by atomic mass is 16.2. The number of rotatable bonds is 1. The molecular weight excluding hydrogens is 246 g/mol. The van der Waals surface area contributed by atoms with Crippen LogP contribution in [0.3, 0.4) is 0 Å². The maximum Gasteiger partial charge on any atom is 0.246 e. The van der Waals surface area contributed by atoms with Crippen molar-refractivity contribution in [2.45, 2.75) is 0 Å². The van der Waals surface area contributed by atoms with Gasteiger partial charge in [0.15, 0.2) is 0 Å². The van der Waals surface area contributed by atoms with E-state index in [1.165, 1.54) is 0 Å². The van der Waals surface area contributed by atoms with Crippen LogP contribution in [0.15, 0.2) is 24.3 Å². The number of anilines is 2. The van der Waals surface area contributed by atoms with Crippen LogP contribution in [0.2, 0.25) is 0 Å². The first-order valence-corrected chi connectivity index (χ1v) is 5.73. The third kappa shape index (κ3) is 2.05. The molecule has 2 aromatic rings. The van der Waals surface area contributed by atoms with Gasteiger partial charge in [-0.3, -0.25) is 14.9 Å². The SMILES string of the molecule is Nc1nc(N2CC(=O)NC(=O)C2)c2ccccc2n1. The van der Waals surface area contributed by atoms with Crippen LogP contribution in [0.25, 0.3) is 10.9 Å². The van der Waals surface area contributed by atoms with Crippen LogP contribution in [-0.4, -0.2) is 34.9 Å². The molecule has 0 aliphatic carbocycles. The molecular formula is C12H11N5O2. The molecule has 0 radical (unpaired) electrons. The van der Waals surface area contributed by atoms with Gasteiger partial charge in [0.1, 0.15) is 5.82 Å². The number of fused-ring (bicyclic) bond motifs is 1. The molecule has 0 spiro atoms. The van der Waals surface area contributed by atoms with Gasteiger partial charge in [-0.2, -0.15) is 4.98 Å². The number of benzene rings is 1. The van der Waals surface area contributed by atoms with Crippen molar-refractivity contribution < 1.29 is 9.59 Å². The van der Waals surface area contributed by atoms with Crippen molar-refractivity contribution in [3.05, 3.63) is 24.3 Å². The predicted molar refractivity (Wildman–Crippen MR) is 69.3 cm³/mol. The summed E-state index contributed by atoms with van der Waals surface area (Å²) in [5.41, 5.74) is 6.35. The van der Waals surface area contributed by atoms with E-state index in [-0.39, 0.29) is 30.9 Å². The van der Waals surface area contributed by atoms with Gasteiger partial charge in [0, 0.05) is 5.39 Å². The predicted octanol–water partition coefficient (Wildman–Crippen LogP) is -0.325. The molecule has 19 heavy (non-hydrogen) atoms. The number of para-hydroxylation sites is 1. The molecule has 2 amide bonds. The van der Waals surface area contributed by atoms with Crippen molar-refractivity contribution >= 4 is 34.5 Å². The normalized spacial score (nSPS) is 15.7. The molecule has 96 valence electrons. The Kier molecular flexibility index (Phi) is 2.52. The summed E-state index contributed by atoms with van der Waals surface area (Å²) in [5, 5.41) is 3.01. The summed E-state index contributed by atoms with van der Waals surface area (Å²) in [6.45, 7) is 0.151. The molecule has 1 aliphatic rings. The van der Waals surface area contributed by atoms with Gasteiger partial charge in [0.25, 0.3) is 0 Å². The first-order valence-electron chi connectivity index (χ1n) is 5.73. The molecule has 7 heteroatoms. The first kappa shape index (κ1) is 11.4. The summed E-state index contributed by atoms with van der Waals surface area (Å²) in [5.74, 6) is -0.0755. The number of piperazine rings is 1. The molecule has 3 rings (SSSR count). The minimum absolute atomic E-state index is 0.0756. The Morgan fingerprint density at radius 2 is 1.79 bits per heavy atom. The minimum Gasteiger partial charge on any atom is -0.368 e. The maximum absolute atomic E-state index is 11.4.